The minimum Gasteiger partial charge on any atom is -0.506 e. The molecule has 0 aromatic heterocycles. The summed E-state index contributed by atoms with van der Waals surface area (Å²) in [6, 6.07) is 13.2. The van der Waals surface area contributed by atoms with E-state index in [4.69, 9.17) is 50.5 Å². The lowest BCUT2D eigenvalue weighted by molar-refractivity contribution is 0.253. The maximum atomic E-state index is 11.2. The second-order valence-corrected chi connectivity index (χ2v) is 9.65. The van der Waals surface area contributed by atoms with Crippen molar-refractivity contribution in [2.75, 3.05) is 20.0 Å². The van der Waals surface area contributed by atoms with Crippen LogP contribution in [0.1, 0.15) is 0 Å². The summed E-state index contributed by atoms with van der Waals surface area (Å²) >= 11 is 2.83. The lowest BCUT2D eigenvalue weighted by Crippen LogP contribution is -2.41. The molecule has 0 atom stereocenters. The number of carbonyl (C=O) groups excluding carboxylic acids is 4. The fourth-order valence-electron chi connectivity index (χ4n) is 4.06. The maximum absolute atomic E-state index is 11.2. The largest absolute Gasteiger partial charge is 0.506 e. The summed E-state index contributed by atoms with van der Waals surface area (Å²) in [5.41, 5.74) is 22.3. The Bertz CT molecular complexity index is 1650. The van der Waals surface area contributed by atoms with E-state index in [-0.39, 0.29) is 45.7 Å². The molecule has 0 fully saturated rings. The summed E-state index contributed by atoms with van der Waals surface area (Å²) < 4.78 is 7.83. The highest BCUT2D eigenvalue weighted by Crippen LogP contribution is 2.37. The van der Waals surface area contributed by atoms with E-state index in [2.05, 4.69) is 12.5 Å². The zero-order chi connectivity index (χ0) is 38.0. The summed E-state index contributed by atoms with van der Waals surface area (Å²) in [4.78, 5) is 44.7. The van der Waals surface area contributed by atoms with Crippen LogP contribution in [0, 0.1) is 0 Å². The van der Waals surface area contributed by atoms with Gasteiger partial charge >= 0.3 is 24.1 Å². The minimum absolute atomic E-state index is 0.0193. The van der Waals surface area contributed by atoms with Gasteiger partial charge in [-0.3, -0.25) is 0 Å². The van der Waals surface area contributed by atoms with Gasteiger partial charge in [0.25, 0.3) is 0 Å². The number of hydrazine groups is 4. The Labute approximate surface area is 287 Å². The molecule has 0 saturated heterocycles. The van der Waals surface area contributed by atoms with Gasteiger partial charge in [0, 0.05) is 0 Å². The van der Waals surface area contributed by atoms with Crippen molar-refractivity contribution in [2.45, 2.75) is 0 Å². The Balaban J connectivity index is 0.000000330. The Morgan fingerprint density at radius 3 is 0.700 bits per heavy atom. The van der Waals surface area contributed by atoms with Crippen molar-refractivity contribution in [3.05, 3.63) is 72.8 Å². The molecule has 0 saturated carbocycles. The van der Waals surface area contributed by atoms with Crippen LogP contribution in [-0.4, -0.2) is 48.8 Å². The van der Waals surface area contributed by atoms with Crippen molar-refractivity contribution in [1.82, 2.24) is 0 Å². The smallest absolute Gasteiger partial charge is 0.333 e. The van der Waals surface area contributed by atoms with Crippen LogP contribution in [0.2, 0.25) is 0 Å². The van der Waals surface area contributed by atoms with Gasteiger partial charge in [0.05, 0.1) is 0 Å². The summed E-state index contributed by atoms with van der Waals surface area (Å²) in [7, 11) is 0. The average molecular weight is 713 g/mol. The van der Waals surface area contributed by atoms with Gasteiger partial charge in [0.2, 0.25) is 0 Å². The molecule has 4 aromatic rings. The third-order valence-electron chi connectivity index (χ3n) is 6.56. The number of nitrogens with two attached hydrogens (primary N) is 8. The van der Waals surface area contributed by atoms with Crippen LogP contribution in [0.4, 0.5) is 41.9 Å². The highest BCUT2D eigenvalue weighted by molar-refractivity contribution is 7.44. The number of phenolic OH excluding ortho intramolecular Hbond substituents is 4. The van der Waals surface area contributed by atoms with E-state index < -0.39 is 24.1 Å². The number of rotatable bonds is 6. The van der Waals surface area contributed by atoms with Crippen LogP contribution in [0.25, 0.3) is 22.3 Å². The summed E-state index contributed by atoms with van der Waals surface area (Å²) in [5, 5.41) is 41.5. The van der Waals surface area contributed by atoms with E-state index in [1.807, 2.05) is 0 Å². The van der Waals surface area contributed by atoms with E-state index in [0.29, 0.717) is 42.3 Å². The number of phenols is 4. The first-order valence-electron chi connectivity index (χ1n) is 13.3. The number of amides is 8. The fraction of sp³-hybridized carbons (Fsp3) is 0. The highest BCUT2D eigenvalue weighted by Gasteiger charge is 2.18. The molecular weight excluding hydrogens is 680 g/mol. The molecule has 21 nitrogen and oxygen atoms in total. The third kappa shape index (κ3) is 9.09. The standard InChI is InChI=1S/2C14H16N6O4.OS/c2*15-13(23)19(17)9-5-7(1-3-11(9)21)8-2-4-12(22)10(6-8)20(18)14(16)24;1-2/h2*1-6,21-22H,17-18H2,(H2,15,23)(H2,16,24);. The number of carbonyl (C=O) groups is 4. The predicted octanol–water partition coefficient (Wildman–Crippen LogP) is 0.229. The van der Waals surface area contributed by atoms with Gasteiger partial charge in [-0.1, -0.05) is 24.3 Å². The van der Waals surface area contributed by atoms with Crippen molar-refractivity contribution in [3.8, 4) is 45.3 Å². The van der Waals surface area contributed by atoms with Crippen LogP contribution in [-0.2, 0) is 12.5 Å². The maximum Gasteiger partial charge on any atom is 0.333 e. The van der Waals surface area contributed by atoms with Gasteiger partial charge in [-0.05, 0) is 70.8 Å². The van der Waals surface area contributed by atoms with Crippen molar-refractivity contribution < 1.29 is 43.8 Å². The molecule has 0 spiro atoms. The number of hydrogen-bond acceptors (Lipinski definition) is 14. The van der Waals surface area contributed by atoms with Crippen molar-refractivity contribution in [3.63, 3.8) is 0 Å². The quantitative estimate of drug-likeness (QED) is 0.0723. The van der Waals surface area contributed by atoms with Crippen LogP contribution in [0.3, 0.4) is 0 Å². The predicted molar refractivity (Wildman–Crippen MR) is 184 cm³/mol. The Hall–Kier alpha value is -6.98. The van der Waals surface area contributed by atoms with Gasteiger partial charge in [-0.15, -0.1) is 0 Å². The van der Waals surface area contributed by atoms with Crippen molar-refractivity contribution in [2.24, 2.45) is 46.3 Å². The van der Waals surface area contributed by atoms with Crippen LogP contribution in [0.5, 0.6) is 23.0 Å². The third-order valence-corrected chi connectivity index (χ3v) is 6.56. The van der Waals surface area contributed by atoms with Crippen LogP contribution in [0.15, 0.2) is 72.8 Å². The summed E-state index contributed by atoms with van der Waals surface area (Å²) in [6.45, 7) is 0. The second kappa shape index (κ2) is 16.7. The zero-order valence-electron chi connectivity index (χ0n) is 25.6. The van der Waals surface area contributed by atoms with Crippen LogP contribution >= 0.6 is 0 Å². The van der Waals surface area contributed by atoms with Gasteiger partial charge < -0.3 is 43.4 Å². The molecule has 8 amide bonds. The lowest BCUT2D eigenvalue weighted by Gasteiger charge is -2.18. The number of anilines is 4. The fourth-order valence-corrected chi connectivity index (χ4v) is 4.06. The number of urea groups is 4. The molecule has 0 unspecified atom stereocenters. The molecule has 0 heterocycles. The topological polar surface area (TPSA) is 387 Å². The Morgan fingerprint density at radius 1 is 0.400 bits per heavy atom. The number of hydrogen-bond donors (Lipinski definition) is 12. The van der Waals surface area contributed by atoms with E-state index in [1.54, 1.807) is 0 Å². The van der Waals surface area contributed by atoms with Gasteiger partial charge in [-0.25, -0.2) is 62.6 Å². The van der Waals surface area contributed by atoms with Gasteiger partial charge in [-0.2, -0.15) is 4.21 Å². The molecule has 22 heteroatoms. The average Bonchev–Trinajstić information content (AvgIpc) is 3.09. The molecule has 0 aliphatic rings. The molecule has 0 radical (unpaired) electrons. The zero-order valence-corrected chi connectivity index (χ0v) is 26.4. The van der Waals surface area contributed by atoms with Crippen molar-refractivity contribution >= 4 is 59.4 Å². The first kappa shape index (κ1) is 39.2. The molecular formula is C28H32N12O9S. The molecule has 0 aliphatic heterocycles. The molecule has 50 heavy (non-hydrogen) atoms. The Morgan fingerprint density at radius 2 is 0.560 bits per heavy atom. The Kier molecular flexibility index (Phi) is 13.1. The van der Waals surface area contributed by atoms with E-state index >= 15 is 0 Å². The van der Waals surface area contributed by atoms with E-state index in [0.717, 1.165) is 0 Å². The highest BCUT2D eigenvalue weighted by atomic mass is 32.1. The second-order valence-electron chi connectivity index (χ2n) is 9.65. The van der Waals surface area contributed by atoms with Crippen LogP contribution < -0.4 is 66.3 Å². The van der Waals surface area contributed by atoms with Gasteiger partial charge in [0.15, 0.2) is 12.5 Å². The molecule has 264 valence electrons. The number of nitrogens with zero attached hydrogens (tertiary/aromatic N) is 4. The molecule has 4 rings (SSSR count). The summed E-state index contributed by atoms with van der Waals surface area (Å²) in [6.07, 6.45) is 0. The number of primary amides is 4. The summed E-state index contributed by atoms with van der Waals surface area (Å²) in [5.74, 6) is 21.0. The SMILES string of the molecule is NC(=O)N(N)c1cc(-c2ccc(O)c(N(N)C(N)=O)c2)ccc1O.NC(=O)N(N)c1cc(-c2ccc(O)c(N(N)C(N)=O)c2)ccc1O.O=S. The van der Waals surface area contributed by atoms with E-state index in [1.165, 1.54) is 72.8 Å². The first-order valence-corrected chi connectivity index (χ1v) is 13.6. The minimum atomic E-state index is -0.962. The first-order chi connectivity index (χ1) is 23.4. The number of aromatic hydroxyl groups is 4. The van der Waals surface area contributed by atoms with Crippen molar-refractivity contribution in [1.29, 1.82) is 0 Å². The molecule has 0 aliphatic carbocycles. The normalized spacial score (nSPS) is 9.92. The molecule has 4 aromatic carbocycles. The monoisotopic (exact) mass is 712 g/mol. The number of benzene rings is 4. The molecule has 0 bridgehead atoms. The van der Waals surface area contributed by atoms with E-state index in [9.17, 15) is 39.6 Å². The van der Waals surface area contributed by atoms with Gasteiger partial charge in [0.1, 0.15) is 45.7 Å². The molecule has 20 N–H and O–H groups in total. The lowest BCUT2D eigenvalue weighted by atomic mass is 10.0.